The summed E-state index contributed by atoms with van der Waals surface area (Å²) in [6.07, 6.45) is -9.81. The molecule has 2 heterocycles. The van der Waals surface area contributed by atoms with Crippen LogP contribution < -0.4 is 11.2 Å². The van der Waals surface area contributed by atoms with Crippen molar-refractivity contribution in [3.05, 3.63) is 33.1 Å². The van der Waals surface area contributed by atoms with Crippen LogP contribution in [-0.2, 0) is 41.8 Å². The fourth-order valence-corrected chi connectivity index (χ4v) is 5.97. The third-order valence-corrected chi connectivity index (χ3v) is 7.80. The first-order valence-corrected chi connectivity index (χ1v) is 14.2. The molecule has 2 fully saturated rings. The lowest BCUT2D eigenvalue weighted by atomic mass is 9.94. The minimum Gasteiger partial charge on any atom is -0.432 e. The van der Waals surface area contributed by atoms with Gasteiger partial charge in [0.25, 0.3) is 5.56 Å². The molecular formula is C23H34FN2O15P. The van der Waals surface area contributed by atoms with Crippen molar-refractivity contribution in [1.29, 1.82) is 0 Å². The average Bonchev–Trinajstić information content (AvgIpc) is 3.25. The first-order valence-electron chi connectivity index (χ1n) is 12.7. The van der Waals surface area contributed by atoms with Crippen molar-refractivity contribution < 1.29 is 66.0 Å². The van der Waals surface area contributed by atoms with Gasteiger partial charge >= 0.3 is 25.8 Å². The number of ether oxygens (including phenoxy) is 5. The molecule has 7 atom stereocenters. The molecule has 1 aliphatic carbocycles. The van der Waals surface area contributed by atoms with Gasteiger partial charge in [-0.3, -0.25) is 18.9 Å². The molecule has 0 bridgehead atoms. The lowest BCUT2D eigenvalue weighted by molar-refractivity contribution is -0.171. The summed E-state index contributed by atoms with van der Waals surface area (Å²) in [4.78, 5) is 49.5. The molecule has 19 heteroatoms. The van der Waals surface area contributed by atoms with Gasteiger partial charge in [-0.25, -0.2) is 32.4 Å². The first kappa shape index (κ1) is 33.6. The summed E-state index contributed by atoms with van der Waals surface area (Å²) in [6.45, 7) is 7.76. The summed E-state index contributed by atoms with van der Waals surface area (Å²) in [7, 11) is -5.12. The molecule has 2 aliphatic rings. The monoisotopic (exact) mass is 628 g/mol. The summed E-state index contributed by atoms with van der Waals surface area (Å²) in [5.74, 6) is 0. The van der Waals surface area contributed by atoms with Gasteiger partial charge in [0.05, 0.1) is 12.2 Å². The molecule has 3 rings (SSSR count). The predicted octanol–water partition coefficient (Wildman–Crippen LogP) is 1.61. The van der Waals surface area contributed by atoms with Gasteiger partial charge in [0.2, 0.25) is 12.6 Å². The number of carbonyl (C=O) groups excluding carboxylic acids is 2. The lowest BCUT2D eigenvalue weighted by Gasteiger charge is -2.33. The lowest BCUT2D eigenvalue weighted by Crippen LogP contribution is -2.51. The predicted molar refractivity (Wildman–Crippen MR) is 135 cm³/mol. The molecule has 238 valence electrons. The number of carbonyl (C=O) groups is 2. The third kappa shape index (κ3) is 6.39. The number of aromatic amines is 1. The molecule has 0 spiro atoms. The molecular weight excluding hydrogens is 594 g/mol. The molecule has 3 N–H and O–H groups in total. The average molecular weight is 628 g/mol. The Morgan fingerprint density at radius 3 is 1.93 bits per heavy atom. The van der Waals surface area contributed by atoms with Crippen molar-refractivity contribution in [1.82, 2.24) is 9.55 Å². The van der Waals surface area contributed by atoms with Crippen molar-refractivity contribution in [3.63, 3.8) is 0 Å². The number of nitrogens with one attached hydrogen (secondary N) is 1. The Labute approximate surface area is 238 Å². The van der Waals surface area contributed by atoms with E-state index in [1.165, 1.54) is 27.7 Å². The second-order valence-electron chi connectivity index (χ2n) is 10.3. The smallest absolute Gasteiger partial charge is 0.432 e. The zero-order chi connectivity index (χ0) is 31.8. The summed E-state index contributed by atoms with van der Waals surface area (Å²) in [5, 5.41) is 22.7. The minimum absolute atomic E-state index is 0.587. The maximum absolute atomic E-state index is 14.5. The van der Waals surface area contributed by atoms with Crippen LogP contribution in [0.5, 0.6) is 0 Å². The Morgan fingerprint density at radius 2 is 1.52 bits per heavy atom. The van der Waals surface area contributed by atoms with Crippen LogP contribution in [0.25, 0.3) is 0 Å². The number of alkyl halides is 1. The molecule has 0 amide bonds. The zero-order valence-electron chi connectivity index (χ0n) is 23.8. The maximum atomic E-state index is 14.5. The molecule has 0 aromatic carbocycles. The summed E-state index contributed by atoms with van der Waals surface area (Å²) >= 11 is 0. The highest BCUT2D eigenvalue weighted by molar-refractivity contribution is 7.48. The molecule has 1 saturated carbocycles. The Bertz CT molecular complexity index is 1300. The first-order chi connectivity index (χ1) is 19.3. The fourth-order valence-electron chi connectivity index (χ4n) is 4.43. The van der Waals surface area contributed by atoms with Crippen LogP contribution in [-0.4, -0.2) is 86.4 Å². The van der Waals surface area contributed by atoms with Crippen molar-refractivity contribution in [3.8, 4) is 0 Å². The van der Waals surface area contributed by atoms with Gasteiger partial charge in [-0.15, -0.1) is 0 Å². The van der Waals surface area contributed by atoms with Crippen LogP contribution >= 0.6 is 7.82 Å². The van der Waals surface area contributed by atoms with Crippen molar-refractivity contribution >= 4 is 20.1 Å². The molecule has 17 nitrogen and oxygen atoms in total. The summed E-state index contributed by atoms with van der Waals surface area (Å²) in [5.41, 5.74) is -9.43. The van der Waals surface area contributed by atoms with E-state index in [0.29, 0.717) is 4.57 Å². The normalized spacial score (nSPS) is 31.1. The van der Waals surface area contributed by atoms with Crippen LogP contribution in [0.1, 0.15) is 54.7 Å². The van der Waals surface area contributed by atoms with Crippen LogP contribution in [0, 0.1) is 0 Å². The van der Waals surface area contributed by atoms with E-state index in [4.69, 9.17) is 37.3 Å². The van der Waals surface area contributed by atoms with Crippen molar-refractivity contribution in [2.45, 2.75) is 102 Å². The molecule has 1 aliphatic heterocycles. The number of H-pyrrole nitrogens is 1. The van der Waals surface area contributed by atoms with E-state index in [9.17, 15) is 38.3 Å². The second kappa shape index (κ2) is 12.0. The Morgan fingerprint density at radius 1 is 1.02 bits per heavy atom. The van der Waals surface area contributed by atoms with Gasteiger partial charge in [-0.2, -0.15) is 0 Å². The highest BCUT2D eigenvalue weighted by atomic mass is 31.2. The van der Waals surface area contributed by atoms with Crippen LogP contribution in [0.3, 0.4) is 0 Å². The number of phosphoric ester groups is 1. The highest BCUT2D eigenvalue weighted by Crippen LogP contribution is 2.72. The van der Waals surface area contributed by atoms with Gasteiger partial charge in [0.15, 0.2) is 17.4 Å². The molecule has 1 aromatic rings. The van der Waals surface area contributed by atoms with Gasteiger partial charge in [-0.1, -0.05) is 0 Å². The number of rotatable bonds is 12. The van der Waals surface area contributed by atoms with Gasteiger partial charge < -0.3 is 33.9 Å². The molecule has 1 aromatic heterocycles. The fraction of sp³-hybridized carbons (Fsp3) is 0.739. The number of aromatic nitrogens is 2. The summed E-state index contributed by atoms with van der Waals surface area (Å²) < 4.78 is 69.7. The number of nitrogens with zero attached hydrogens (tertiary/aromatic N) is 1. The SMILES string of the molecule is CC(C)OC(=O)OC(C)OP(=O)(OC(C)OC(=O)OC(C)C)OC1[C@]2(O)[C@@](C)(O)[C@H](n3ccc(=O)[nH]c3=O)O[C@]12CF. The number of aliphatic hydroxyl groups is 2. The molecule has 1 saturated heterocycles. The summed E-state index contributed by atoms with van der Waals surface area (Å²) in [6, 6.07) is 0.929. The van der Waals surface area contributed by atoms with Gasteiger partial charge in [0, 0.05) is 12.3 Å². The Hall–Kier alpha value is -2.86. The van der Waals surface area contributed by atoms with E-state index in [2.05, 4.69) is 0 Å². The number of halogens is 1. The molecule has 3 unspecified atom stereocenters. The molecule has 0 radical (unpaired) electrons. The standard InChI is InChI=1S/C23H34FN2O15P/c1-11(2)34-19(29)36-13(5)39-42(33,40-14(6)37-20(30)35-12(3)4)41-16-22(10-24)23(16,32)21(7,31)17(38-22)26-9-8-15(27)25-18(26)28/h8-9,11-14,16-17,31-32H,10H2,1-7H3,(H,25,27,28)/t13?,14?,16?,17-,21+,22-,23+,42?/m1/s1. The van der Waals surface area contributed by atoms with E-state index in [1.54, 1.807) is 0 Å². The van der Waals surface area contributed by atoms with E-state index in [1.807, 2.05) is 4.98 Å². The van der Waals surface area contributed by atoms with E-state index >= 15 is 0 Å². The van der Waals surface area contributed by atoms with E-state index in [0.717, 1.165) is 33.0 Å². The maximum Gasteiger partial charge on any atom is 0.510 e. The topological polar surface area (TPSA) is 220 Å². The van der Waals surface area contributed by atoms with E-state index in [-0.39, 0.29) is 0 Å². The van der Waals surface area contributed by atoms with Gasteiger partial charge in [0.1, 0.15) is 18.4 Å². The van der Waals surface area contributed by atoms with Crippen LogP contribution in [0.15, 0.2) is 21.9 Å². The quantitative estimate of drug-likeness (QED) is 0.170. The zero-order valence-corrected chi connectivity index (χ0v) is 24.7. The Kier molecular flexibility index (Phi) is 9.63. The Balaban J connectivity index is 1.89. The number of phosphoric acid groups is 1. The van der Waals surface area contributed by atoms with Crippen LogP contribution in [0.4, 0.5) is 14.0 Å². The number of hydrogen-bond donors (Lipinski definition) is 3. The van der Waals surface area contributed by atoms with Crippen molar-refractivity contribution in [2.75, 3.05) is 6.67 Å². The van der Waals surface area contributed by atoms with Gasteiger partial charge in [-0.05, 0) is 48.5 Å². The van der Waals surface area contributed by atoms with Crippen molar-refractivity contribution in [2.24, 2.45) is 0 Å². The largest absolute Gasteiger partial charge is 0.510 e. The minimum atomic E-state index is -5.12. The third-order valence-electron chi connectivity index (χ3n) is 6.22. The molecule has 42 heavy (non-hydrogen) atoms. The van der Waals surface area contributed by atoms with E-state index < -0.39 is 92.0 Å². The second-order valence-corrected chi connectivity index (χ2v) is 11.8. The number of hydrogen-bond acceptors (Lipinski definition) is 15. The van der Waals surface area contributed by atoms with Crippen LogP contribution in [0.2, 0.25) is 0 Å². The highest BCUT2D eigenvalue weighted by Gasteiger charge is 2.93. The number of fused-ring (bicyclic) bond motifs is 1.